The Morgan fingerprint density at radius 2 is 1.87 bits per heavy atom. The minimum Gasteiger partial charge on any atom is -0.354 e. The molecule has 4 rings (SSSR count). The average Bonchev–Trinajstić information content (AvgIpc) is 3.17. The van der Waals surface area contributed by atoms with Crippen LogP contribution >= 0.6 is 0 Å². The molecule has 164 valence electrons. The van der Waals surface area contributed by atoms with Crippen molar-refractivity contribution in [3.8, 4) is 0 Å². The summed E-state index contributed by atoms with van der Waals surface area (Å²) < 4.78 is 39.9. The fourth-order valence-electron chi connectivity index (χ4n) is 3.71. The molecule has 10 heteroatoms. The Kier molecular flexibility index (Phi) is 5.55. The molecule has 0 spiro atoms. The van der Waals surface area contributed by atoms with Crippen LogP contribution in [0.4, 0.5) is 24.7 Å². The highest BCUT2D eigenvalue weighted by atomic mass is 19.4. The molecule has 1 aliphatic heterocycles. The van der Waals surface area contributed by atoms with Crippen molar-refractivity contribution >= 4 is 23.1 Å². The van der Waals surface area contributed by atoms with Crippen LogP contribution in [-0.2, 0) is 11.0 Å². The number of alkyl halides is 3. The Hall–Kier alpha value is -3.17. The molecule has 0 radical (unpaired) electrons. The van der Waals surface area contributed by atoms with Crippen LogP contribution in [0, 0.1) is 5.92 Å². The number of hydrogen-bond donors (Lipinski definition) is 1. The molecule has 1 saturated heterocycles. The molecule has 0 saturated carbocycles. The van der Waals surface area contributed by atoms with E-state index in [1.807, 2.05) is 30.9 Å². The van der Waals surface area contributed by atoms with Crippen LogP contribution in [0.2, 0.25) is 0 Å². The van der Waals surface area contributed by atoms with Crippen LogP contribution in [0.15, 0.2) is 36.4 Å². The van der Waals surface area contributed by atoms with Gasteiger partial charge in [0.05, 0.1) is 11.5 Å². The van der Waals surface area contributed by atoms with E-state index in [2.05, 4.69) is 20.6 Å². The first kappa shape index (κ1) is 21.1. The largest absolute Gasteiger partial charge is 0.416 e. The van der Waals surface area contributed by atoms with Gasteiger partial charge in [-0.1, -0.05) is 13.8 Å². The maximum absolute atomic E-state index is 12.7. The highest BCUT2D eigenvalue weighted by Crippen LogP contribution is 2.30. The third-order valence-electron chi connectivity index (χ3n) is 5.39. The summed E-state index contributed by atoms with van der Waals surface area (Å²) >= 11 is 0. The fraction of sp³-hybridized carbons (Fsp3) is 0.429. The number of aromatic nitrogens is 4. The summed E-state index contributed by atoms with van der Waals surface area (Å²) in [6.07, 6.45) is -2.89. The zero-order valence-corrected chi connectivity index (χ0v) is 17.2. The van der Waals surface area contributed by atoms with Gasteiger partial charge in [-0.15, -0.1) is 15.3 Å². The SMILES string of the molecule is CC(C)c1nnc2ccc(N3CCC[C@@H](C(=O)Nc4ccc(C(F)(F)F)cc4)C3)nn12. The molecule has 3 aromatic rings. The number of halogens is 3. The number of nitrogens with one attached hydrogen (secondary N) is 1. The van der Waals surface area contributed by atoms with Crippen LogP contribution in [0.5, 0.6) is 0 Å². The Morgan fingerprint density at radius 3 is 2.55 bits per heavy atom. The Balaban J connectivity index is 1.46. The van der Waals surface area contributed by atoms with Gasteiger partial charge in [0, 0.05) is 24.7 Å². The van der Waals surface area contributed by atoms with Crippen molar-refractivity contribution in [2.45, 2.75) is 38.8 Å². The molecular weight excluding hydrogens is 409 g/mol. The van der Waals surface area contributed by atoms with Gasteiger partial charge in [0.25, 0.3) is 0 Å². The van der Waals surface area contributed by atoms with E-state index in [1.165, 1.54) is 12.1 Å². The number of anilines is 2. The zero-order chi connectivity index (χ0) is 22.2. The topological polar surface area (TPSA) is 75.4 Å². The fourth-order valence-corrected chi connectivity index (χ4v) is 3.71. The number of piperidine rings is 1. The van der Waals surface area contributed by atoms with Crippen LogP contribution in [-0.4, -0.2) is 38.8 Å². The van der Waals surface area contributed by atoms with Crippen molar-refractivity contribution in [1.29, 1.82) is 0 Å². The molecule has 2 aromatic heterocycles. The number of carbonyl (C=O) groups excluding carboxylic acids is 1. The molecule has 1 fully saturated rings. The van der Waals surface area contributed by atoms with Crippen LogP contribution in [0.1, 0.15) is 44.0 Å². The van der Waals surface area contributed by atoms with Gasteiger partial charge in [-0.3, -0.25) is 4.79 Å². The first-order valence-corrected chi connectivity index (χ1v) is 10.2. The first-order valence-electron chi connectivity index (χ1n) is 10.2. The van der Waals surface area contributed by atoms with Crippen LogP contribution in [0.25, 0.3) is 5.65 Å². The molecular formula is C21H23F3N6O. The van der Waals surface area contributed by atoms with E-state index in [-0.39, 0.29) is 17.7 Å². The predicted octanol–water partition coefficient (Wildman–Crippen LogP) is 4.12. The Morgan fingerprint density at radius 1 is 1.13 bits per heavy atom. The van der Waals surface area contributed by atoms with E-state index in [9.17, 15) is 18.0 Å². The average molecular weight is 432 g/mol. The Labute approximate surface area is 177 Å². The van der Waals surface area contributed by atoms with Crippen molar-refractivity contribution in [2.24, 2.45) is 5.92 Å². The molecule has 0 aliphatic carbocycles. The lowest BCUT2D eigenvalue weighted by Crippen LogP contribution is -2.41. The summed E-state index contributed by atoms with van der Waals surface area (Å²) in [6, 6.07) is 8.20. The maximum atomic E-state index is 12.7. The molecule has 1 amide bonds. The summed E-state index contributed by atoms with van der Waals surface area (Å²) in [5.74, 6) is 1.17. The number of benzene rings is 1. The minimum atomic E-state index is -4.40. The monoisotopic (exact) mass is 432 g/mol. The van der Waals surface area contributed by atoms with E-state index in [0.717, 1.165) is 36.7 Å². The van der Waals surface area contributed by atoms with E-state index >= 15 is 0 Å². The normalized spacial score (nSPS) is 17.4. The van der Waals surface area contributed by atoms with E-state index < -0.39 is 11.7 Å². The van der Waals surface area contributed by atoms with Gasteiger partial charge >= 0.3 is 6.18 Å². The molecule has 1 N–H and O–H groups in total. The van der Waals surface area contributed by atoms with E-state index in [4.69, 9.17) is 0 Å². The van der Waals surface area contributed by atoms with Crippen molar-refractivity contribution < 1.29 is 18.0 Å². The molecule has 1 atom stereocenters. The second-order valence-corrected chi connectivity index (χ2v) is 8.02. The van der Waals surface area contributed by atoms with Gasteiger partial charge in [0.15, 0.2) is 11.5 Å². The molecule has 7 nitrogen and oxygen atoms in total. The Bertz CT molecular complexity index is 1080. The summed E-state index contributed by atoms with van der Waals surface area (Å²) in [4.78, 5) is 14.8. The molecule has 3 heterocycles. The number of amides is 1. The van der Waals surface area contributed by atoms with Crippen molar-refractivity contribution in [3.63, 3.8) is 0 Å². The second-order valence-electron chi connectivity index (χ2n) is 8.02. The van der Waals surface area contributed by atoms with Gasteiger partial charge in [0.2, 0.25) is 5.91 Å². The summed E-state index contributed by atoms with van der Waals surface area (Å²) in [7, 11) is 0. The molecule has 31 heavy (non-hydrogen) atoms. The minimum absolute atomic E-state index is 0.168. The number of hydrogen-bond acceptors (Lipinski definition) is 5. The smallest absolute Gasteiger partial charge is 0.354 e. The van der Waals surface area contributed by atoms with Crippen molar-refractivity contribution in [1.82, 2.24) is 19.8 Å². The van der Waals surface area contributed by atoms with Crippen LogP contribution < -0.4 is 10.2 Å². The van der Waals surface area contributed by atoms with Crippen molar-refractivity contribution in [2.75, 3.05) is 23.3 Å². The zero-order valence-electron chi connectivity index (χ0n) is 17.2. The summed E-state index contributed by atoms with van der Waals surface area (Å²) in [6.45, 7) is 5.28. The van der Waals surface area contributed by atoms with E-state index in [0.29, 0.717) is 24.3 Å². The van der Waals surface area contributed by atoms with Crippen LogP contribution in [0.3, 0.4) is 0 Å². The van der Waals surface area contributed by atoms with Crippen molar-refractivity contribution in [3.05, 3.63) is 47.8 Å². The van der Waals surface area contributed by atoms with Gasteiger partial charge in [-0.2, -0.15) is 17.7 Å². The third kappa shape index (κ3) is 4.47. The van der Waals surface area contributed by atoms with E-state index in [1.54, 1.807) is 4.52 Å². The second kappa shape index (κ2) is 8.16. The quantitative estimate of drug-likeness (QED) is 0.671. The third-order valence-corrected chi connectivity index (χ3v) is 5.39. The standard InChI is InChI=1S/C21H23F3N6O/c1-13(2)19-27-26-17-9-10-18(28-30(17)19)29-11-3-4-14(12-29)20(31)25-16-7-5-15(6-8-16)21(22,23)24/h5-10,13-14H,3-4,11-12H2,1-2H3,(H,25,31)/t14-/m1/s1. The lowest BCUT2D eigenvalue weighted by molar-refractivity contribution is -0.137. The first-order chi connectivity index (χ1) is 14.7. The molecule has 1 aromatic carbocycles. The van der Waals surface area contributed by atoms with Gasteiger partial charge in [-0.05, 0) is 49.2 Å². The number of carbonyl (C=O) groups is 1. The molecule has 0 bridgehead atoms. The highest BCUT2D eigenvalue weighted by molar-refractivity contribution is 5.93. The van der Waals surface area contributed by atoms with Gasteiger partial charge in [0.1, 0.15) is 5.82 Å². The summed E-state index contributed by atoms with van der Waals surface area (Å²) in [5, 5.41) is 15.7. The predicted molar refractivity (Wildman–Crippen MR) is 110 cm³/mol. The highest BCUT2D eigenvalue weighted by Gasteiger charge is 2.30. The number of nitrogens with zero attached hydrogens (tertiary/aromatic N) is 5. The number of rotatable bonds is 4. The summed E-state index contributed by atoms with van der Waals surface area (Å²) in [5.41, 5.74) is 0.271. The molecule has 1 aliphatic rings. The number of fused-ring (bicyclic) bond motifs is 1. The van der Waals surface area contributed by atoms with Gasteiger partial charge in [-0.25, -0.2) is 0 Å². The maximum Gasteiger partial charge on any atom is 0.416 e. The lowest BCUT2D eigenvalue weighted by Gasteiger charge is -2.32. The van der Waals surface area contributed by atoms with Gasteiger partial charge < -0.3 is 10.2 Å². The lowest BCUT2D eigenvalue weighted by atomic mass is 9.97. The molecule has 0 unspecified atom stereocenters.